The SMILES string of the molecule is NCCC(=O)I. The van der Waals surface area contributed by atoms with E-state index in [4.69, 9.17) is 5.73 Å². The molecule has 0 radical (unpaired) electrons. The molecule has 36 valence electrons. The van der Waals surface area contributed by atoms with Crippen LogP contribution in [0.2, 0.25) is 0 Å². The zero-order chi connectivity index (χ0) is 4.99. The van der Waals surface area contributed by atoms with E-state index in [1.165, 1.54) is 0 Å². The van der Waals surface area contributed by atoms with Gasteiger partial charge in [-0.25, -0.2) is 0 Å². The lowest BCUT2D eigenvalue weighted by atomic mass is 10.5. The molecule has 0 heterocycles. The molecule has 0 saturated carbocycles. The van der Waals surface area contributed by atoms with Crippen LogP contribution in [0.1, 0.15) is 6.42 Å². The number of hydrogen-bond acceptors (Lipinski definition) is 2. The Morgan fingerprint density at radius 2 is 2.33 bits per heavy atom. The van der Waals surface area contributed by atoms with E-state index in [2.05, 4.69) is 0 Å². The van der Waals surface area contributed by atoms with Gasteiger partial charge in [-0.3, -0.25) is 4.79 Å². The van der Waals surface area contributed by atoms with Crippen molar-refractivity contribution in [2.45, 2.75) is 6.42 Å². The molecule has 0 spiro atoms. The summed E-state index contributed by atoms with van der Waals surface area (Å²) in [6.07, 6.45) is 0.501. The average Bonchev–Trinajstić information content (AvgIpc) is 1.35. The maximum atomic E-state index is 9.95. The van der Waals surface area contributed by atoms with Crippen molar-refractivity contribution < 1.29 is 4.79 Å². The fourth-order valence-electron chi connectivity index (χ4n) is 0.113. The molecule has 6 heavy (non-hydrogen) atoms. The second-order valence-corrected chi connectivity index (χ2v) is 2.10. The number of halogens is 1. The topological polar surface area (TPSA) is 43.1 Å². The summed E-state index contributed by atoms with van der Waals surface area (Å²) in [5.41, 5.74) is 5.00. The first-order chi connectivity index (χ1) is 2.77. The Labute approximate surface area is 50.2 Å². The lowest BCUT2D eigenvalue weighted by Crippen LogP contribution is -2.01. The van der Waals surface area contributed by atoms with E-state index in [0.29, 0.717) is 13.0 Å². The standard InChI is InChI=1S/C3H6INO/c4-3(6)1-2-5/h1-2,5H2. The first kappa shape index (κ1) is 6.36. The van der Waals surface area contributed by atoms with Crippen LogP contribution in [0.4, 0.5) is 0 Å². The van der Waals surface area contributed by atoms with Crippen molar-refractivity contribution in [1.82, 2.24) is 0 Å². The molecule has 0 atom stereocenters. The largest absolute Gasteiger partial charge is 0.330 e. The van der Waals surface area contributed by atoms with E-state index in [0.717, 1.165) is 0 Å². The second-order valence-electron chi connectivity index (χ2n) is 0.894. The zero-order valence-electron chi connectivity index (χ0n) is 3.28. The van der Waals surface area contributed by atoms with Gasteiger partial charge in [0.05, 0.1) is 0 Å². The highest BCUT2D eigenvalue weighted by molar-refractivity contribution is 14.1. The van der Waals surface area contributed by atoms with Gasteiger partial charge >= 0.3 is 0 Å². The highest BCUT2D eigenvalue weighted by Crippen LogP contribution is 1.87. The Bertz CT molecular complexity index is 54.8. The summed E-state index contributed by atoms with van der Waals surface area (Å²) in [5, 5.41) is 0. The highest BCUT2D eigenvalue weighted by Gasteiger charge is 1.86. The molecule has 0 aromatic heterocycles. The van der Waals surface area contributed by atoms with Gasteiger partial charge < -0.3 is 5.73 Å². The first-order valence-electron chi connectivity index (χ1n) is 1.65. The lowest BCUT2D eigenvalue weighted by molar-refractivity contribution is -0.109. The van der Waals surface area contributed by atoms with Gasteiger partial charge in [-0.2, -0.15) is 0 Å². The van der Waals surface area contributed by atoms with Crippen molar-refractivity contribution in [2.24, 2.45) is 5.73 Å². The first-order valence-corrected chi connectivity index (χ1v) is 2.73. The highest BCUT2D eigenvalue weighted by atomic mass is 127. The van der Waals surface area contributed by atoms with Crippen molar-refractivity contribution in [1.29, 1.82) is 0 Å². The Hall–Kier alpha value is 0.360. The van der Waals surface area contributed by atoms with Gasteiger partial charge in [0.1, 0.15) is 0 Å². The van der Waals surface area contributed by atoms with E-state index in [1.54, 1.807) is 22.6 Å². The molecule has 0 saturated heterocycles. The predicted octanol–water partition coefficient (Wildman–Crippen LogP) is 0.297. The van der Waals surface area contributed by atoms with Crippen LogP contribution < -0.4 is 5.73 Å². The molecule has 0 aromatic rings. The minimum atomic E-state index is 0.134. The molecule has 0 aliphatic carbocycles. The zero-order valence-corrected chi connectivity index (χ0v) is 5.44. The van der Waals surface area contributed by atoms with Crippen LogP contribution >= 0.6 is 22.6 Å². The summed E-state index contributed by atoms with van der Waals surface area (Å²) in [6.45, 7) is 0.474. The van der Waals surface area contributed by atoms with Crippen molar-refractivity contribution in [3.63, 3.8) is 0 Å². The average molecular weight is 199 g/mol. The normalized spacial score (nSPS) is 8.33. The number of carbonyl (C=O) groups excluding carboxylic acids is 1. The third-order valence-corrected chi connectivity index (χ3v) is 0.880. The minimum absolute atomic E-state index is 0.134. The van der Waals surface area contributed by atoms with Crippen LogP contribution in [0.25, 0.3) is 0 Å². The van der Waals surface area contributed by atoms with Crippen LogP contribution in [0.3, 0.4) is 0 Å². The van der Waals surface area contributed by atoms with Crippen LogP contribution in [-0.2, 0) is 4.79 Å². The fourth-order valence-corrected chi connectivity index (χ4v) is 0.425. The van der Waals surface area contributed by atoms with E-state index < -0.39 is 0 Å². The molecule has 2 N–H and O–H groups in total. The molecular weight excluding hydrogens is 193 g/mol. The Morgan fingerprint density at radius 1 is 1.83 bits per heavy atom. The Morgan fingerprint density at radius 3 is 2.33 bits per heavy atom. The molecule has 2 nitrogen and oxygen atoms in total. The van der Waals surface area contributed by atoms with Crippen molar-refractivity contribution in [2.75, 3.05) is 6.54 Å². The summed E-state index contributed by atoms with van der Waals surface area (Å²) in [5.74, 6) is 0. The quantitative estimate of drug-likeness (QED) is 0.513. The van der Waals surface area contributed by atoms with Crippen LogP contribution in [-0.4, -0.2) is 10.3 Å². The van der Waals surface area contributed by atoms with E-state index in [9.17, 15) is 4.79 Å². The summed E-state index contributed by atoms with van der Waals surface area (Å²) in [7, 11) is 0. The molecule has 0 amide bonds. The van der Waals surface area contributed by atoms with Crippen LogP contribution in [0.15, 0.2) is 0 Å². The third kappa shape index (κ3) is 4.36. The van der Waals surface area contributed by atoms with E-state index in [1.807, 2.05) is 0 Å². The molecule has 0 rings (SSSR count). The van der Waals surface area contributed by atoms with E-state index >= 15 is 0 Å². The number of nitrogens with two attached hydrogens (primary N) is 1. The lowest BCUT2D eigenvalue weighted by Gasteiger charge is -1.79. The molecule has 0 unspecified atom stereocenters. The van der Waals surface area contributed by atoms with Crippen molar-refractivity contribution in [3.05, 3.63) is 0 Å². The molecule has 0 fully saturated rings. The smallest absolute Gasteiger partial charge is 0.193 e. The Balaban J connectivity index is 2.83. The van der Waals surface area contributed by atoms with Gasteiger partial charge in [0.2, 0.25) is 0 Å². The number of rotatable bonds is 2. The number of hydrogen-bond donors (Lipinski definition) is 1. The monoisotopic (exact) mass is 199 g/mol. The van der Waals surface area contributed by atoms with Gasteiger partial charge in [0.15, 0.2) is 3.79 Å². The molecule has 0 aromatic carbocycles. The molecule has 0 bridgehead atoms. The summed E-state index contributed by atoms with van der Waals surface area (Å²) in [4.78, 5) is 9.95. The molecular formula is C3H6INO. The maximum absolute atomic E-state index is 9.95. The summed E-state index contributed by atoms with van der Waals surface area (Å²) < 4.78 is 0.134. The van der Waals surface area contributed by atoms with Gasteiger partial charge in [0.25, 0.3) is 0 Å². The minimum Gasteiger partial charge on any atom is -0.330 e. The van der Waals surface area contributed by atoms with Crippen molar-refractivity contribution in [3.8, 4) is 0 Å². The van der Waals surface area contributed by atoms with Gasteiger partial charge in [0, 0.05) is 13.0 Å². The summed E-state index contributed by atoms with van der Waals surface area (Å²) >= 11 is 1.72. The molecule has 0 aliphatic heterocycles. The molecule has 3 heteroatoms. The van der Waals surface area contributed by atoms with Crippen LogP contribution in [0, 0.1) is 0 Å². The van der Waals surface area contributed by atoms with Gasteiger partial charge in [-0.05, 0) is 22.6 Å². The second kappa shape index (κ2) is 3.55. The van der Waals surface area contributed by atoms with Crippen LogP contribution in [0.5, 0.6) is 0 Å². The third-order valence-electron chi connectivity index (χ3n) is 0.341. The Kier molecular flexibility index (Phi) is 3.76. The van der Waals surface area contributed by atoms with Gasteiger partial charge in [-0.15, -0.1) is 0 Å². The molecule has 0 aliphatic rings. The predicted molar refractivity (Wildman–Crippen MR) is 32.7 cm³/mol. The summed E-state index contributed by atoms with van der Waals surface area (Å²) in [6, 6.07) is 0. The van der Waals surface area contributed by atoms with Gasteiger partial charge in [-0.1, -0.05) is 0 Å². The van der Waals surface area contributed by atoms with E-state index in [-0.39, 0.29) is 3.79 Å². The fraction of sp³-hybridized carbons (Fsp3) is 0.667. The van der Waals surface area contributed by atoms with Crippen molar-refractivity contribution >= 4 is 26.4 Å². The maximum Gasteiger partial charge on any atom is 0.193 e. The number of carbonyl (C=O) groups is 1.